The summed E-state index contributed by atoms with van der Waals surface area (Å²) in [5, 5.41) is 12.0. The molecule has 1 aromatic carbocycles. The Balaban J connectivity index is 1.67. The van der Waals surface area contributed by atoms with Gasteiger partial charge in [-0.05, 0) is 42.0 Å². The second-order valence-electron chi connectivity index (χ2n) is 5.39. The predicted molar refractivity (Wildman–Crippen MR) is 71.5 cm³/mol. The number of carbonyl (C=O) groups excluding carboxylic acids is 1. The summed E-state index contributed by atoms with van der Waals surface area (Å²) in [6.45, 7) is 3.02. The van der Waals surface area contributed by atoms with Gasteiger partial charge < -0.3 is 10.2 Å². The third kappa shape index (κ3) is 2.47. The number of benzene rings is 1. The molecule has 0 spiro atoms. The van der Waals surface area contributed by atoms with E-state index in [1.165, 1.54) is 11.1 Å². The highest BCUT2D eigenvalue weighted by Crippen LogP contribution is 2.28. The van der Waals surface area contributed by atoms with Gasteiger partial charge in [-0.2, -0.15) is 5.26 Å². The van der Waals surface area contributed by atoms with Gasteiger partial charge in [0.05, 0.1) is 18.2 Å². The maximum atomic E-state index is 11.8. The molecule has 1 aliphatic heterocycles. The van der Waals surface area contributed by atoms with Crippen LogP contribution in [0.3, 0.4) is 0 Å². The minimum atomic E-state index is 0.208. The lowest BCUT2D eigenvalue weighted by atomic mass is 10.1. The first-order chi connectivity index (χ1) is 9.26. The van der Waals surface area contributed by atoms with Crippen molar-refractivity contribution in [1.29, 1.82) is 5.26 Å². The number of nitrogens with one attached hydrogen (secondary N) is 1. The van der Waals surface area contributed by atoms with E-state index < -0.39 is 0 Å². The number of piperazine rings is 1. The third-order valence-electron chi connectivity index (χ3n) is 4.02. The van der Waals surface area contributed by atoms with Crippen LogP contribution in [0.5, 0.6) is 0 Å². The molecule has 1 fully saturated rings. The van der Waals surface area contributed by atoms with Gasteiger partial charge in [0.1, 0.15) is 0 Å². The van der Waals surface area contributed by atoms with E-state index in [9.17, 15) is 4.79 Å². The zero-order valence-electron chi connectivity index (χ0n) is 10.9. The summed E-state index contributed by atoms with van der Waals surface area (Å²) < 4.78 is 0. The molecule has 0 radical (unpaired) electrons. The number of nitrogens with zero attached hydrogens (tertiary/aromatic N) is 2. The van der Waals surface area contributed by atoms with Crippen LogP contribution in [0.4, 0.5) is 0 Å². The minimum Gasteiger partial charge on any atom is -0.340 e. The highest BCUT2D eigenvalue weighted by atomic mass is 16.2. The first kappa shape index (κ1) is 12.2. The van der Waals surface area contributed by atoms with Gasteiger partial charge in [-0.3, -0.25) is 4.79 Å². The summed E-state index contributed by atoms with van der Waals surface area (Å²) in [4.78, 5) is 13.7. The van der Waals surface area contributed by atoms with E-state index in [0.29, 0.717) is 12.5 Å². The molecule has 98 valence electrons. The van der Waals surface area contributed by atoms with Crippen LogP contribution in [-0.4, -0.2) is 37.0 Å². The average Bonchev–Trinajstić information content (AvgIpc) is 2.82. The normalized spacial score (nSPS) is 22.2. The summed E-state index contributed by atoms with van der Waals surface area (Å²) in [5.41, 5.74) is 3.36. The molecule has 4 nitrogen and oxygen atoms in total. The highest BCUT2D eigenvalue weighted by Gasteiger charge is 2.26. The van der Waals surface area contributed by atoms with Gasteiger partial charge in [0.2, 0.25) is 5.91 Å². The van der Waals surface area contributed by atoms with Crippen molar-refractivity contribution < 1.29 is 4.79 Å². The van der Waals surface area contributed by atoms with Crippen LogP contribution in [0.1, 0.15) is 16.7 Å². The van der Waals surface area contributed by atoms with Crippen molar-refractivity contribution >= 4 is 5.91 Å². The Hall–Kier alpha value is -1.86. The largest absolute Gasteiger partial charge is 0.340 e. The van der Waals surface area contributed by atoms with E-state index >= 15 is 0 Å². The van der Waals surface area contributed by atoms with Crippen molar-refractivity contribution in [3.8, 4) is 6.07 Å². The number of nitriles is 1. The molecule has 3 rings (SSSR count). The Morgan fingerprint density at radius 1 is 1.37 bits per heavy atom. The summed E-state index contributed by atoms with van der Waals surface area (Å²) in [7, 11) is 0. The van der Waals surface area contributed by atoms with Gasteiger partial charge in [0.15, 0.2) is 0 Å². The second kappa shape index (κ2) is 5.02. The minimum absolute atomic E-state index is 0.208. The van der Waals surface area contributed by atoms with Crippen molar-refractivity contribution in [1.82, 2.24) is 10.2 Å². The molecular formula is C15H17N3O. The molecule has 1 N–H and O–H groups in total. The maximum Gasteiger partial charge on any atom is 0.236 e. The summed E-state index contributed by atoms with van der Waals surface area (Å²) in [6, 6.07) is 8.13. The van der Waals surface area contributed by atoms with Gasteiger partial charge in [-0.15, -0.1) is 0 Å². The van der Waals surface area contributed by atoms with E-state index in [2.05, 4.69) is 17.5 Å². The molecule has 1 heterocycles. The Morgan fingerprint density at radius 3 is 3.00 bits per heavy atom. The SMILES string of the molecule is N#Cc1ccc2c(c1)C[C@@H](CN1CCNCC1=O)C2. The van der Waals surface area contributed by atoms with Gasteiger partial charge in [0.25, 0.3) is 0 Å². The fourth-order valence-corrected chi connectivity index (χ4v) is 3.06. The number of hydrogen-bond acceptors (Lipinski definition) is 3. The molecule has 1 aromatic rings. The van der Waals surface area contributed by atoms with Gasteiger partial charge in [0, 0.05) is 19.6 Å². The molecule has 0 saturated carbocycles. The maximum absolute atomic E-state index is 11.8. The number of hydrogen-bond donors (Lipinski definition) is 1. The lowest BCUT2D eigenvalue weighted by Gasteiger charge is -2.29. The fourth-order valence-electron chi connectivity index (χ4n) is 3.06. The van der Waals surface area contributed by atoms with E-state index in [-0.39, 0.29) is 5.91 Å². The second-order valence-corrected chi connectivity index (χ2v) is 5.39. The van der Waals surface area contributed by atoms with Crippen LogP contribution in [0.25, 0.3) is 0 Å². The van der Waals surface area contributed by atoms with Crippen LogP contribution >= 0.6 is 0 Å². The molecule has 4 heteroatoms. The number of fused-ring (bicyclic) bond motifs is 1. The van der Waals surface area contributed by atoms with E-state index in [4.69, 9.17) is 5.26 Å². The van der Waals surface area contributed by atoms with E-state index in [0.717, 1.165) is 38.0 Å². The van der Waals surface area contributed by atoms with Crippen molar-refractivity contribution in [2.45, 2.75) is 12.8 Å². The standard InChI is InChI=1S/C15H17N3O/c16-8-11-1-2-13-6-12(7-14(13)5-11)10-18-4-3-17-9-15(18)19/h1-2,5,12,17H,3-4,6-7,9-10H2/t12-/m0/s1. The predicted octanol–water partition coefficient (Wildman–Crippen LogP) is 0.705. The monoisotopic (exact) mass is 255 g/mol. The summed E-state index contributed by atoms with van der Waals surface area (Å²) in [6.07, 6.45) is 2.01. The topological polar surface area (TPSA) is 56.1 Å². The summed E-state index contributed by atoms with van der Waals surface area (Å²) >= 11 is 0. The molecule has 0 bridgehead atoms. The van der Waals surface area contributed by atoms with Crippen molar-refractivity contribution in [2.24, 2.45) is 5.92 Å². The van der Waals surface area contributed by atoms with Crippen molar-refractivity contribution in [2.75, 3.05) is 26.2 Å². The molecule has 0 unspecified atom stereocenters. The van der Waals surface area contributed by atoms with Crippen LogP contribution in [0.15, 0.2) is 18.2 Å². The van der Waals surface area contributed by atoms with Crippen LogP contribution in [0.2, 0.25) is 0 Å². The lowest BCUT2D eigenvalue weighted by molar-refractivity contribution is -0.132. The van der Waals surface area contributed by atoms with E-state index in [1.807, 2.05) is 17.0 Å². The highest BCUT2D eigenvalue weighted by molar-refractivity contribution is 5.79. The van der Waals surface area contributed by atoms with Crippen molar-refractivity contribution in [3.05, 3.63) is 34.9 Å². The third-order valence-corrected chi connectivity index (χ3v) is 4.02. The first-order valence-corrected chi connectivity index (χ1v) is 6.76. The lowest BCUT2D eigenvalue weighted by Crippen LogP contribution is -2.49. The quantitative estimate of drug-likeness (QED) is 0.846. The Morgan fingerprint density at radius 2 is 2.21 bits per heavy atom. The number of rotatable bonds is 2. The zero-order chi connectivity index (χ0) is 13.2. The van der Waals surface area contributed by atoms with Crippen LogP contribution < -0.4 is 5.32 Å². The molecule has 1 amide bonds. The fraction of sp³-hybridized carbons (Fsp3) is 0.467. The molecule has 1 atom stereocenters. The molecule has 0 aromatic heterocycles. The zero-order valence-corrected chi connectivity index (χ0v) is 10.9. The first-order valence-electron chi connectivity index (χ1n) is 6.76. The summed E-state index contributed by atoms with van der Waals surface area (Å²) in [5.74, 6) is 0.714. The van der Waals surface area contributed by atoms with Crippen LogP contribution in [0, 0.1) is 17.2 Å². The molecule has 1 saturated heterocycles. The Labute approximate surface area is 113 Å². The van der Waals surface area contributed by atoms with Crippen molar-refractivity contribution in [3.63, 3.8) is 0 Å². The molecule has 19 heavy (non-hydrogen) atoms. The van der Waals surface area contributed by atoms with Gasteiger partial charge in [-0.25, -0.2) is 0 Å². The van der Waals surface area contributed by atoms with Gasteiger partial charge in [-0.1, -0.05) is 6.07 Å². The Kier molecular flexibility index (Phi) is 3.22. The number of carbonyl (C=O) groups is 1. The molecule has 2 aliphatic rings. The van der Waals surface area contributed by atoms with Gasteiger partial charge >= 0.3 is 0 Å². The van der Waals surface area contributed by atoms with E-state index in [1.54, 1.807) is 0 Å². The molecule has 1 aliphatic carbocycles. The smallest absolute Gasteiger partial charge is 0.236 e. The number of amides is 1. The average molecular weight is 255 g/mol. The molecular weight excluding hydrogens is 238 g/mol. The van der Waals surface area contributed by atoms with Crippen LogP contribution in [-0.2, 0) is 17.6 Å². The Bertz CT molecular complexity index is 547.